The number of hydrogen-bond donors (Lipinski definition) is 2. The van der Waals surface area contributed by atoms with Gasteiger partial charge in [0.05, 0.1) is 14.2 Å². The van der Waals surface area contributed by atoms with Crippen molar-refractivity contribution in [1.82, 2.24) is 10.6 Å². The van der Waals surface area contributed by atoms with E-state index in [-0.39, 0.29) is 0 Å². The van der Waals surface area contributed by atoms with Crippen molar-refractivity contribution in [1.29, 1.82) is 0 Å². The Balaban J connectivity index is 2.65. The van der Waals surface area contributed by atoms with E-state index in [1.165, 1.54) is 0 Å². The molecule has 1 aromatic rings. The SMILES string of the molecule is CN=C(NC)NCCc1cc(OC)ccc1OC. The van der Waals surface area contributed by atoms with Gasteiger partial charge in [-0.3, -0.25) is 4.99 Å². The van der Waals surface area contributed by atoms with Crippen LogP contribution in [-0.2, 0) is 6.42 Å². The van der Waals surface area contributed by atoms with Gasteiger partial charge < -0.3 is 20.1 Å². The standard InChI is InChI=1S/C13H21N3O2/c1-14-13(15-2)16-8-7-10-9-11(17-3)5-6-12(10)18-4/h5-6,9H,7-8H2,1-4H3,(H2,14,15,16). The first kappa shape index (κ1) is 14.2. The molecular weight excluding hydrogens is 230 g/mol. The van der Waals surface area contributed by atoms with Crippen molar-refractivity contribution in [3.63, 3.8) is 0 Å². The fourth-order valence-corrected chi connectivity index (χ4v) is 1.67. The van der Waals surface area contributed by atoms with Crippen molar-refractivity contribution in [2.45, 2.75) is 6.42 Å². The summed E-state index contributed by atoms with van der Waals surface area (Å²) in [6.07, 6.45) is 0.834. The molecule has 0 saturated carbocycles. The molecule has 0 aliphatic carbocycles. The van der Waals surface area contributed by atoms with Crippen molar-refractivity contribution in [2.75, 3.05) is 34.9 Å². The highest BCUT2D eigenvalue weighted by molar-refractivity contribution is 5.79. The highest BCUT2D eigenvalue weighted by atomic mass is 16.5. The Morgan fingerprint density at radius 2 is 2.06 bits per heavy atom. The Kier molecular flexibility index (Phi) is 5.84. The summed E-state index contributed by atoms with van der Waals surface area (Å²) in [7, 11) is 6.91. The Morgan fingerprint density at radius 3 is 2.61 bits per heavy atom. The molecule has 100 valence electrons. The number of hydrogen-bond acceptors (Lipinski definition) is 3. The largest absolute Gasteiger partial charge is 0.497 e. The van der Waals surface area contributed by atoms with Crippen molar-refractivity contribution >= 4 is 5.96 Å². The van der Waals surface area contributed by atoms with Crippen LogP contribution in [0.4, 0.5) is 0 Å². The molecule has 0 bridgehead atoms. The van der Waals surface area contributed by atoms with Crippen LogP contribution in [0, 0.1) is 0 Å². The van der Waals surface area contributed by atoms with E-state index in [4.69, 9.17) is 9.47 Å². The molecule has 0 aliphatic heterocycles. The predicted octanol–water partition coefficient (Wildman–Crippen LogP) is 1.04. The zero-order valence-corrected chi connectivity index (χ0v) is 11.4. The second kappa shape index (κ2) is 7.42. The summed E-state index contributed by atoms with van der Waals surface area (Å²) < 4.78 is 10.5. The molecule has 0 radical (unpaired) electrons. The van der Waals surface area contributed by atoms with Gasteiger partial charge in [-0.2, -0.15) is 0 Å². The van der Waals surface area contributed by atoms with Crippen molar-refractivity contribution in [3.8, 4) is 11.5 Å². The van der Waals surface area contributed by atoms with Gasteiger partial charge >= 0.3 is 0 Å². The van der Waals surface area contributed by atoms with E-state index in [1.807, 2.05) is 25.2 Å². The van der Waals surface area contributed by atoms with Crippen LogP contribution >= 0.6 is 0 Å². The average Bonchev–Trinajstić information content (AvgIpc) is 2.43. The number of nitrogens with zero attached hydrogens (tertiary/aromatic N) is 1. The minimum absolute atomic E-state index is 0.775. The Labute approximate surface area is 108 Å². The first-order chi connectivity index (χ1) is 8.74. The minimum Gasteiger partial charge on any atom is -0.497 e. The molecule has 1 aromatic carbocycles. The molecule has 0 heterocycles. The lowest BCUT2D eigenvalue weighted by Gasteiger charge is -2.12. The van der Waals surface area contributed by atoms with Crippen LogP contribution < -0.4 is 20.1 Å². The van der Waals surface area contributed by atoms with E-state index in [0.717, 1.165) is 36.0 Å². The first-order valence-corrected chi connectivity index (χ1v) is 5.84. The highest BCUT2D eigenvalue weighted by Crippen LogP contribution is 2.23. The predicted molar refractivity (Wildman–Crippen MR) is 73.7 cm³/mol. The van der Waals surface area contributed by atoms with Crippen LogP contribution in [0.5, 0.6) is 11.5 Å². The third-order valence-electron chi connectivity index (χ3n) is 2.63. The molecule has 0 aromatic heterocycles. The lowest BCUT2D eigenvalue weighted by atomic mass is 10.1. The maximum Gasteiger partial charge on any atom is 0.190 e. The topological polar surface area (TPSA) is 54.9 Å². The molecule has 0 atom stereocenters. The van der Waals surface area contributed by atoms with E-state index in [9.17, 15) is 0 Å². The van der Waals surface area contributed by atoms with Gasteiger partial charge in [0.25, 0.3) is 0 Å². The van der Waals surface area contributed by atoms with Gasteiger partial charge in [0, 0.05) is 20.6 Å². The van der Waals surface area contributed by atoms with Gasteiger partial charge in [0.2, 0.25) is 0 Å². The summed E-state index contributed by atoms with van der Waals surface area (Å²) in [5, 5.41) is 6.17. The average molecular weight is 251 g/mol. The zero-order valence-electron chi connectivity index (χ0n) is 11.4. The highest BCUT2D eigenvalue weighted by Gasteiger charge is 2.05. The number of rotatable bonds is 5. The number of benzene rings is 1. The van der Waals surface area contributed by atoms with Crippen LogP contribution in [0.3, 0.4) is 0 Å². The quantitative estimate of drug-likeness (QED) is 0.606. The Hall–Kier alpha value is -1.91. The fourth-order valence-electron chi connectivity index (χ4n) is 1.67. The summed E-state index contributed by atoms with van der Waals surface area (Å²) >= 11 is 0. The number of aliphatic imine (C=N–C) groups is 1. The van der Waals surface area contributed by atoms with Crippen LogP contribution in [0.2, 0.25) is 0 Å². The third kappa shape index (κ3) is 3.84. The molecule has 0 aliphatic rings. The lowest BCUT2D eigenvalue weighted by Crippen LogP contribution is -2.35. The number of methoxy groups -OCH3 is 2. The van der Waals surface area contributed by atoms with Crippen molar-refractivity contribution in [2.24, 2.45) is 4.99 Å². The van der Waals surface area contributed by atoms with Crippen LogP contribution in [0.25, 0.3) is 0 Å². The molecule has 0 spiro atoms. The molecule has 0 saturated heterocycles. The van der Waals surface area contributed by atoms with Gasteiger partial charge in [-0.1, -0.05) is 0 Å². The maximum atomic E-state index is 5.33. The number of guanidine groups is 1. The zero-order chi connectivity index (χ0) is 13.4. The number of ether oxygens (including phenoxy) is 2. The normalized spacial score (nSPS) is 11.0. The summed E-state index contributed by atoms with van der Waals surface area (Å²) in [6, 6.07) is 5.80. The second-order valence-electron chi connectivity index (χ2n) is 3.68. The second-order valence-corrected chi connectivity index (χ2v) is 3.68. The molecule has 5 nitrogen and oxygen atoms in total. The first-order valence-electron chi connectivity index (χ1n) is 5.84. The van der Waals surface area contributed by atoms with Gasteiger partial charge in [0.15, 0.2) is 5.96 Å². The summed E-state index contributed by atoms with van der Waals surface area (Å²) in [6.45, 7) is 0.775. The van der Waals surface area contributed by atoms with E-state index < -0.39 is 0 Å². The number of nitrogens with one attached hydrogen (secondary N) is 2. The van der Waals surface area contributed by atoms with Gasteiger partial charge in [-0.15, -0.1) is 0 Å². The minimum atomic E-state index is 0.775. The monoisotopic (exact) mass is 251 g/mol. The van der Waals surface area contributed by atoms with E-state index >= 15 is 0 Å². The van der Waals surface area contributed by atoms with Crippen LogP contribution in [0.1, 0.15) is 5.56 Å². The molecule has 0 unspecified atom stereocenters. The van der Waals surface area contributed by atoms with Gasteiger partial charge in [-0.25, -0.2) is 0 Å². The third-order valence-corrected chi connectivity index (χ3v) is 2.63. The van der Waals surface area contributed by atoms with E-state index in [2.05, 4.69) is 15.6 Å². The van der Waals surface area contributed by atoms with E-state index in [0.29, 0.717) is 0 Å². The summed E-state index contributed by atoms with van der Waals surface area (Å²) in [5.74, 6) is 2.48. The van der Waals surface area contributed by atoms with Gasteiger partial charge in [-0.05, 0) is 30.2 Å². The molecule has 0 amide bonds. The fraction of sp³-hybridized carbons (Fsp3) is 0.462. The maximum absolute atomic E-state index is 5.33. The molecule has 5 heteroatoms. The van der Waals surface area contributed by atoms with Crippen molar-refractivity contribution < 1.29 is 9.47 Å². The smallest absolute Gasteiger partial charge is 0.190 e. The van der Waals surface area contributed by atoms with E-state index in [1.54, 1.807) is 21.3 Å². The molecule has 2 N–H and O–H groups in total. The molecule has 18 heavy (non-hydrogen) atoms. The van der Waals surface area contributed by atoms with Gasteiger partial charge in [0.1, 0.15) is 11.5 Å². The Bertz CT molecular complexity index is 405. The summed E-state index contributed by atoms with van der Waals surface area (Å²) in [5.41, 5.74) is 1.11. The molecular formula is C13H21N3O2. The Morgan fingerprint density at radius 1 is 1.28 bits per heavy atom. The van der Waals surface area contributed by atoms with Crippen molar-refractivity contribution in [3.05, 3.63) is 23.8 Å². The lowest BCUT2D eigenvalue weighted by molar-refractivity contribution is 0.398. The molecule has 0 fully saturated rings. The molecule has 1 rings (SSSR count). The van der Waals surface area contributed by atoms with Crippen LogP contribution in [0.15, 0.2) is 23.2 Å². The summed E-state index contributed by atoms with van der Waals surface area (Å²) in [4.78, 5) is 4.05. The van der Waals surface area contributed by atoms with Crippen LogP contribution in [-0.4, -0.2) is 40.8 Å².